The van der Waals surface area contributed by atoms with Crippen LogP contribution in [0.5, 0.6) is 17.2 Å². The van der Waals surface area contributed by atoms with Crippen molar-refractivity contribution in [2.75, 3.05) is 19.2 Å². The van der Waals surface area contributed by atoms with Crippen molar-refractivity contribution >= 4 is 56.0 Å². The molecule has 2 heterocycles. The Morgan fingerprint density at radius 2 is 1.86 bits per heavy atom. The molecular formula is C26H22BrN3O5S. The van der Waals surface area contributed by atoms with Crippen molar-refractivity contribution < 1.29 is 23.8 Å². The van der Waals surface area contributed by atoms with E-state index in [0.717, 1.165) is 10.0 Å². The molecule has 0 saturated carbocycles. The molecule has 2 amide bonds. The number of rotatable bonds is 6. The molecule has 1 unspecified atom stereocenters. The Morgan fingerprint density at radius 1 is 1.11 bits per heavy atom. The molecule has 8 nitrogen and oxygen atoms in total. The van der Waals surface area contributed by atoms with Gasteiger partial charge in [0.1, 0.15) is 11.0 Å². The Balaban J connectivity index is 1.40. The predicted molar refractivity (Wildman–Crippen MR) is 142 cm³/mol. The molecule has 3 aromatic carbocycles. The summed E-state index contributed by atoms with van der Waals surface area (Å²) in [6, 6.07) is 20.1. The molecule has 1 saturated heterocycles. The zero-order valence-electron chi connectivity index (χ0n) is 19.3. The van der Waals surface area contributed by atoms with Crippen LogP contribution >= 0.6 is 27.7 Å². The van der Waals surface area contributed by atoms with Crippen molar-refractivity contribution in [2.24, 2.45) is 4.99 Å². The fourth-order valence-electron chi connectivity index (χ4n) is 3.74. The molecule has 3 aromatic rings. The lowest BCUT2D eigenvalue weighted by molar-refractivity contribution is -0.129. The van der Waals surface area contributed by atoms with Crippen molar-refractivity contribution in [3.8, 4) is 17.2 Å². The van der Waals surface area contributed by atoms with E-state index in [1.54, 1.807) is 48.4 Å². The first-order chi connectivity index (χ1) is 17.5. The van der Waals surface area contributed by atoms with Gasteiger partial charge in [-0.1, -0.05) is 33.8 Å². The van der Waals surface area contributed by atoms with E-state index in [1.807, 2.05) is 30.3 Å². The molecular weight excluding hydrogens is 546 g/mol. The number of hydrogen-bond donors (Lipinski definition) is 1. The van der Waals surface area contributed by atoms with Gasteiger partial charge in [0.2, 0.25) is 18.6 Å². The van der Waals surface area contributed by atoms with Crippen LogP contribution in [0.25, 0.3) is 0 Å². The van der Waals surface area contributed by atoms with Crippen molar-refractivity contribution in [1.29, 1.82) is 0 Å². The van der Waals surface area contributed by atoms with Crippen molar-refractivity contribution in [3.63, 3.8) is 0 Å². The van der Waals surface area contributed by atoms with Gasteiger partial charge < -0.3 is 19.5 Å². The van der Waals surface area contributed by atoms with Crippen molar-refractivity contribution in [3.05, 3.63) is 76.8 Å². The zero-order valence-corrected chi connectivity index (χ0v) is 21.7. The summed E-state index contributed by atoms with van der Waals surface area (Å²) in [6.07, 6.45) is 0.0548. The van der Waals surface area contributed by atoms with Gasteiger partial charge in [0.05, 0.1) is 19.3 Å². The third-order valence-corrected chi connectivity index (χ3v) is 7.34. The van der Waals surface area contributed by atoms with Gasteiger partial charge in [0, 0.05) is 16.6 Å². The van der Waals surface area contributed by atoms with Crippen LogP contribution in [0.15, 0.2) is 76.2 Å². The van der Waals surface area contributed by atoms with Gasteiger partial charge in [-0.3, -0.25) is 14.5 Å². The number of methoxy groups -OCH3 is 1. The Bertz CT molecular complexity index is 1310. The summed E-state index contributed by atoms with van der Waals surface area (Å²) in [7, 11) is 1.60. The molecule has 0 aromatic heterocycles. The summed E-state index contributed by atoms with van der Waals surface area (Å²) in [6.45, 7) is 0.467. The monoisotopic (exact) mass is 567 g/mol. The molecule has 5 rings (SSSR count). The summed E-state index contributed by atoms with van der Waals surface area (Å²) in [5, 5.41) is 2.73. The van der Waals surface area contributed by atoms with E-state index < -0.39 is 5.25 Å². The lowest BCUT2D eigenvalue weighted by Crippen LogP contribution is -2.44. The maximum absolute atomic E-state index is 13.3. The van der Waals surface area contributed by atoms with Crippen LogP contribution in [0.3, 0.4) is 0 Å². The third kappa shape index (κ3) is 5.50. The first-order valence-corrected chi connectivity index (χ1v) is 12.8. The molecule has 1 fully saturated rings. The molecule has 184 valence electrons. The first-order valence-electron chi connectivity index (χ1n) is 11.1. The number of hydrogen-bond acceptors (Lipinski definition) is 7. The topological polar surface area (TPSA) is 89.5 Å². The van der Waals surface area contributed by atoms with E-state index in [0.29, 0.717) is 40.3 Å². The van der Waals surface area contributed by atoms with Gasteiger partial charge in [0.15, 0.2) is 16.7 Å². The smallest absolute Gasteiger partial charge is 0.238 e. The average molecular weight is 568 g/mol. The molecule has 0 spiro atoms. The van der Waals surface area contributed by atoms with Gasteiger partial charge in [-0.2, -0.15) is 0 Å². The lowest BCUT2D eigenvalue weighted by Gasteiger charge is -2.32. The fourth-order valence-corrected chi connectivity index (χ4v) is 5.10. The second kappa shape index (κ2) is 10.6. The van der Waals surface area contributed by atoms with E-state index >= 15 is 0 Å². The van der Waals surface area contributed by atoms with Crippen LogP contribution < -0.4 is 19.5 Å². The largest absolute Gasteiger partial charge is 0.497 e. The maximum atomic E-state index is 13.3. The minimum absolute atomic E-state index is 0.0548. The number of amides is 2. The molecule has 2 aliphatic heterocycles. The molecule has 0 radical (unpaired) electrons. The molecule has 1 atom stereocenters. The number of carbonyl (C=O) groups excluding carboxylic acids is 2. The molecule has 1 N–H and O–H groups in total. The predicted octanol–water partition coefficient (Wildman–Crippen LogP) is 5.35. The number of nitrogens with zero attached hydrogens (tertiary/aromatic N) is 2. The van der Waals surface area contributed by atoms with Crippen LogP contribution in [-0.4, -0.2) is 41.0 Å². The highest BCUT2D eigenvalue weighted by Gasteiger charge is 2.36. The number of amidine groups is 1. The summed E-state index contributed by atoms with van der Waals surface area (Å²) >= 11 is 4.66. The standard InChI is InChI=1S/C26H22BrN3O5S/c1-33-20-9-7-19(8-10-20)29-26-30(14-16-2-11-21-22(12-16)35-15-34-21)24(31)13-23(36-26)25(32)28-18-5-3-17(27)4-6-18/h2-12,23H,13-15H2,1H3,(H,28,32). The van der Waals surface area contributed by atoms with Crippen LogP contribution in [0.2, 0.25) is 0 Å². The van der Waals surface area contributed by atoms with E-state index in [9.17, 15) is 9.59 Å². The summed E-state index contributed by atoms with van der Waals surface area (Å²) in [5.41, 5.74) is 2.18. The highest BCUT2D eigenvalue weighted by molar-refractivity contribution is 9.10. The van der Waals surface area contributed by atoms with E-state index in [4.69, 9.17) is 19.2 Å². The summed E-state index contributed by atoms with van der Waals surface area (Å²) in [4.78, 5) is 32.7. The van der Waals surface area contributed by atoms with Crippen molar-refractivity contribution in [1.82, 2.24) is 4.90 Å². The van der Waals surface area contributed by atoms with Crippen LogP contribution in [0.1, 0.15) is 12.0 Å². The van der Waals surface area contributed by atoms with Crippen molar-refractivity contribution in [2.45, 2.75) is 18.2 Å². The third-order valence-electron chi connectivity index (χ3n) is 5.62. The number of thioether (sulfide) groups is 1. The van der Waals surface area contributed by atoms with E-state index in [-0.39, 0.29) is 25.0 Å². The minimum Gasteiger partial charge on any atom is -0.497 e. The molecule has 2 aliphatic rings. The number of nitrogens with one attached hydrogen (secondary N) is 1. The van der Waals surface area contributed by atoms with Gasteiger partial charge in [-0.15, -0.1) is 0 Å². The maximum Gasteiger partial charge on any atom is 0.238 e. The Labute approximate surface area is 220 Å². The van der Waals surface area contributed by atoms with Crippen LogP contribution in [-0.2, 0) is 16.1 Å². The minimum atomic E-state index is -0.619. The molecule has 36 heavy (non-hydrogen) atoms. The number of benzene rings is 3. The van der Waals surface area contributed by atoms with Gasteiger partial charge >= 0.3 is 0 Å². The number of halogens is 1. The van der Waals surface area contributed by atoms with E-state index in [2.05, 4.69) is 21.2 Å². The second-order valence-corrected chi connectivity index (χ2v) is 10.2. The SMILES string of the molecule is COc1ccc(N=C2SC(C(=O)Nc3ccc(Br)cc3)CC(=O)N2Cc2ccc3c(c2)OCO3)cc1. The molecule has 10 heteroatoms. The number of ether oxygens (including phenoxy) is 3. The van der Waals surface area contributed by atoms with E-state index in [1.165, 1.54) is 11.8 Å². The van der Waals surface area contributed by atoms with Gasteiger partial charge in [-0.05, 0) is 66.2 Å². The number of anilines is 1. The first kappa shape index (κ1) is 24.2. The number of carbonyl (C=O) groups is 2. The summed E-state index contributed by atoms with van der Waals surface area (Å²) < 4.78 is 17.0. The normalized spacial score (nSPS) is 17.8. The van der Waals surface area contributed by atoms with Gasteiger partial charge in [-0.25, -0.2) is 4.99 Å². The summed E-state index contributed by atoms with van der Waals surface area (Å²) in [5.74, 6) is 1.59. The Morgan fingerprint density at radius 3 is 2.61 bits per heavy atom. The number of aliphatic imine (C=N–C) groups is 1. The van der Waals surface area contributed by atoms with Gasteiger partial charge in [0.25, 0.3) is 0 Å². The Kier molecular flexibility index (Phi) is 7.15. The molecule has 0 bridgehead atoms. The quantitative estimate of drug-likeness (QED) is 0.432. The molecule has 0 aliphatic carbocycles. The zero-order chi connectivity index (χ0) is 25.1. The highest BCUT2D eigenvalue weighted by Crippen LogP contribution is 2.35. The van der Waals surface area contributed by atoms with Crippen LogP contribution in [0.4, 0.5) is 11.4 Å². The fraction of sp³-hybridized carbons (Fsp3) is 0.192. The highest BCUT2D eigenvalue weighted by atomic mass is 79.9. The van der Waals surface area contributed by atoms with Crippen LogP contribution in [0, 0.1) is 0 Å². The second-order valence-electron chi connectivity index (χ2n) is 8.07. The Hall–Kier alpha value is -3.50. The lowest BCUT2D eigenvalue weighted by atomic mass is 10.1. The number of fused-ring (bicyclic) bond motifs is 1. The average Bonchev–Trinajstić information content (AvgIpc) is 3.35.